The molecule has 1 atom stereocenters. The predicted octanol–water partition coefficient (Wildman–Crippen LogP) is 3.05. The number of hydrogen-bond donors (Lipinski definition) is 1. The van der Waals surface area contributed by atoms with E-state index in [1.165, 1.54) is 0 Å². The van der Waals surface area contributed by atoms with Gasteiger partial charge in [0.2, 0.25) is 0 Å². The molecule has 0 amide bonds. The molecule has 0 aromatic carbocycles. The molecule has 0 aliphatic rings. The highest BCUT2D eigenvalue weighted by Gasteiger charge is 2.15. The highest BCUT2D eigenvalue weighted by atomic mass is 79.9. The second-order valence-corrected chi connectivity index (χ2v) is 4.44. The zero-order valence-corrected chi connectivity index (χ0v) is 10.8. The van der Waals surface area contributed by atoms with Gasteiger partial charge in [-0.25, -0.2) is 0 Å². The van der Waals surface area contributed by atoms with Crippen molar-refractivity contribution in [2.24, 2.45) is 0 Å². The molecule has 0 saturated heterocycles. The molecule has 4 heteroatoms. The largest absolute Gasteiger partial charge is 0.452 e. The fourth-order valence-electron chi connectivity index (χ4n) is 1.69. The van der Waals surface area contributed by atoms with Gasteiger partial charge in [-0.05, 0) is 53.2 Å². The van der Waals surface area contributed by atoms with Crippen LogP contribution in [0.4, 0.5) is 0 Å². The SMILES string of the molecule is CNC(c1cncc(C)c1)c1ccc(Br)o1. The van der Waals surface area contributed by atoms with E-state index in [9.17, 15) is 0 Å². The van der Waals surface area contributed by atoms with Crippen molar-refractivity contribution < 1.29 is 4.42 Å². The Bertz CT molecular complexity index is 481. The molecule has 2 rings (SSSR count). The van der Waals surface area contributed by atoms with Gasteiger partial charge in [0.1, 0.15) is 5.76 Å². The summed E-state index contributed by atoms with van der Waals surface area (Å²) in [6.07, 6.45) is 3.69. The van der Waals surface area contributed by atoms with Gasteiger partial charge < -0.3 is 9.73 Å². The maximum Gasteiger partial charge on any atom is 0.169 e. The maximum atomic E-state index is 5.56. The molecule has 0 spiro atoms. The number of aryl methyl sites for hydroxylation is 1. The van der Waals surface area contributed by atoms with E-state index in [1.54, 1.807) is 0 Å². The van der Waals surface area contributed by atoms with Crippen LogP contribution in [0.2, 0.25) is 0 Å². The van der Waals surface area contributed by atoms with E-state index in [1.807, 2.05) is 38.5 Å². The zero-order chi connectivity index (χ0) is 11.5. The summed E-state index contributed by atoms with van der Waals surface area (Å²) >= 11 is 3.31. The van der Waals surface area contributed by atoms with Gasteiger partial charge in [0.15, 0.2) is 4.67 Å². The predicted molar refractivity (Wildman–Crippen MR) is 66.3 cm³/mol. The minimum Gasteiger partial charge on any atom is -0.452 e. The van der Waals surface area contributed by atoms with E-state index in [-0.39, 0.29) is 6.04 Å². The topological polar surface area (TPSA) is 38.1 Å². The Labute approximate surface area is 103 Å². The summed E-state index contributed by atoms with van der Waals surface area (Å²) in [5, 5.41) is 3.22. The minimum absolute atomic E-state index is 0.0405. The van der Waals surface area contributed by atoms with Crippen LogP contribution in [0.15, 0.2) is 39.7 Å². The molecule has 0 aliphatic heterocycles. The third-order valence-electron chi connectivity index (χ3n) is 2.40. The summed E-state index contributed by atoms with van der Waals surface area (Å²) in [5.74, 6) is 0.877. The lowest BCUT2D eigenvalue weighted by molar-refractivity contribution is 0.446. The molecule has 0 saturated carbocycles. The summed E-state index contributed by atoms with van der Waals surface area (Å²) in [4.78, 5) is 4.19. The Morgan fingerprint density at radius 3 is 2.75 bits per heavy atom. The van der Waals surface area contributed by atoms with Crippen LogP contribution in [0.25, 0.3) is 0 Å². The Balaban J connectivity index is 2.36. The normalized spacial score (nSPS) is 12.7. The lowest BCUT2D eigenvalue weighted by atomic mass is 10.1. The van der Waals surface area contributed by atoms with Crippen molar-refractivity contribution in [3.8, 4) is 0 Å². The fourth-order valence-corrected chi connectivity index (χ4v) is 2.01. The van der Waals surface area contributed by atoms with Crippen LogP contribution in [-0.4, -0.2) is 12.0 Å². The average Bonchev–Trinajstić information content (AvgIpc) is 2.66. The zero-order valence-electron chi connectivity index (χ0n) is 9.20. The third-order valence-corrected chi connectivity index (χ3v) is 2.82. The summed E-state index contributed by atoms with van der Waals surface area (Å²) in [7, 11) is 1.91. The number of aromatic nitrogens is 1. The quantitative estimate of drug-likeness (QED) is 0.939. The van der Waals surface area contributed by atoms with Gasteiger partial charge >= 0.3 is 0 Å². The summed E-state index contributed by atoms with van der Waals surface area (Å²) < 4.78 is 6.30. The molecule has 0 bridgehead atoms. The van der Waals surface area contributed by atoms with Gasteiger partial charge in [0.25, 0.3) is 0 Å². The molecule has 0 fully saturated rings. The van der Waals surface area contributed by atoms with Gasteiger partial charge in [0.05, 0.1) is 6.04 Å². The van der Waals surface area contributed by atoms with Crippen molar-refractivity contribution in [1.29, 1.82) is 0 Å². The third kappa shape index (κ3) is 2.33. The van der Waals surface area contributed by atoms with Crippen molar-refractivity contribution in [3.05, 3.63) is 52.1 Å². The number of nitrogens with zero attached hydrogens (tertiary/aromatic N) is 1. The van der Waals surface area contributed by atoms with Crippen molar-refractivity contribution in [1.82, 2.24) is 10.3 Å². The second-order valence-electron chi connectivity index (χ2n) is 3.66. The van der Waals surface area contributed by atoms with E-state index < -0.39 is 0 Å². The van der Waals surface area contributed by atoms with Gasteiger partial charge in [-0.3, -0.25) is 4.98 Å². The summed E-state index contributed by atoms with van der Waals surface area (Å²) in [5.41, 5.74) is 2.24. The lowest BCUT2D eigenvalue weighted by Gasteiger charge is -2.13. The molecule has 84 valence electrons. The first-order valence-corrected chi connectivity index (χ1v) is 5.84. The molecule has 2 aromatic rings. The molecule has 1 N–H and O–H groups in total. The van der Waals surface area contributed by atoms with E-state index in [2.05, 4.69) is 32.3 Å². The standard InChI is InChI=1S/C12H13BrN2O/c1-8-5-9(7-15-6-8)12(14-2)10-3-4-11(13)16-10/h3-7,12,14H,1-2H3. The monoisotopic (exact) mass is 280 g/mol. The van der Waals surface area contributed by atoms with Crippen LogP contribution < -0.4 is 5.32 Å². The van der Waals surface area contributed by atoms with Gasteiger partial charge in [-0.15, -0.1) is 0 Å². The Kier molecular flexibility index (Phi) is 3.41. The maximum absolute atomic E-state index is 5.56. The van der Waals surface area contributed by atoms with Crippen LogP contribution in [0.3, 0.4) is 0 Å². The molecular weight excluding hydrogens is 268 g/mol. The summed E-state index contributed by atoms with van der Waals surface area (Å²) in [6, 6.07) is 5.99. The second kappa shape index (κ2) is 4.80. The van der Waals surface area contributed by atoms with Crippen LogP contribution in [0.1, 0.15) is 22.9 Å². The van der Waals surface area contributed by atoms with Crippen LogP contribution >= 0.6 is 15.9 Å². The number of pyridine rings is 1. The number of furan rings is 1. The van der Waals surface area contributed by atoms with Crippen LogP contribution in [0, 0.1) is 6.92 Å². The van der Waals surface area contributed by atoms with E-state index in [4.69, 9.17) is 4.42 Å². The van der Waals surface area contributed by atoms with Crippen LogP contribution in [-0.2, 0) is 0 Å². The average molecular weight is 281 g/mol. The molecule has 16 heavy (non-hydrogen) atoms. The van der Waals surface area contributed by atoms with E-state index in [0.29, 0.717) is 0 Å². The Morgan fingerprint density at radius 2 is 2.19 bits per heavy atom. The molecule has 3 nitrogen and oxygen atoms in total. The molecule has 2 aromatic heterocycles. The van der Waals surface area contributed by atoms with Crippen LogP contribution in [0.5, 0.6) is 0 Å². The number of hydrogen-bond acceptors (Lipinski definition) is 3. The Morgan fingerprint density at radius 1 is 1.38 bits per heavy atom. The molecule has 0 radical (unpaired) electrons. The van der Waals surface area contributed by atoms with Gasteiger partial charge in [-0.1, -0.05) is 6.07 Å². The first kappa shape index (κ1) is 11.4. The first-order valence-electron chi connectivity index (χ1n) is 5.05. The first-order chi connectivity index (χ1) is 7.70. The smallest absolute Gasteiger partial charge is 0.169 e. The van der Waals surface area contributed by atoms with Gasteiger partial charge in [0, 0.05) is 12.4 Å². The number of halogens is 1. The fraction of sp³-hybridized carbons (Fsp3) is 0.250. The number of nitrogens with one attached hydrogen (secondary N) is 1. The van der Waals surface area contributed by atoms with Crippen molar-refractivity contribution in [2.45, 2.75) is 13.0 Å². The van der Waals surface area contributed by atoms with Crippen molar-refractivity contribution >= 4 is 15.9 Å². The van der Waals surface area contributed by atoms with E-state index in [0.717, 1.165) is 21.6 Å². The molecular formula is C12H13BrN2O. The van der Waals surface area contributed by atoms with E-state index >= 15 is 0 Å². The molecule has 1 unspecified atom stereocenters. The molecule has 0 aliphatic carbocycles. The minimum atomic E-state index is 0.0405. The van der Waals surface area contributed by atoms with Crippen molar-refractivity contribution in [2.75, 3.05) is 7.05 Å². The summed E-state index contributed by atoms with van der Waals surface area (Å²) in [6.45, 7) is 2.03. The lowest BCUT2D eigenvalue weighted by Crippen LogP contribution is -2.17. The molecule has 2 heterocycles. The van der Waals surface area contributed by atoms with Crippen molar-refractivity contribution in [3.63, 3.8) is 0 Å². The Hall–Kier alpha value is -1.13. The van der Waals surface area contributed by atoms with Gasteiger partial charge in [-0.2, -0.15) is 0 Å². The number of rotatable bonds is 3. The highest BCUT2D eigenvalue weighted by Crippen LogP contribution is 2.25. The highest BCUT2D eigenvalue weighted by molar-refractivity contribution is 9.10.